The number of amides is 1. The summed E-state index contributed by atoms with van der Waals surface area (Å²) in [7, 11) is 0. The fourth-order valence-corrected chi connectivity index (χ4v) is 3.30. The third-order valence-electron chi connectivity index (χ3n) is 4.01. The van der Waals surface area contributed by atoms with E-state index in [1.54, 1.807) is 6.07 Å². The Labute approximate surface area is 148 Å². The van der Waals surface area contributed by atoms with Crippen LogP contribution >= 0.6 is 28.3 Å². The Kier molecular flexibility index (Phi) is 5.84. The average Bonchev–Trinajstić information content (AvgIpc) is 2.47. The highest BCUT2D eigenvalue weighted by atomic mass is 79.9. The summed E-state index contributed by atoms with van der Waals surface area (Å²) >= 11 is 3.41. The molecular weight excluding hydrogens is 382 g/mol. The first-order valence-corrected chi connectivity index (χ1v) is 8.19. The van der Waals surface area contributed by atoms with Gasteiger partial charge in [0.15, 0.2) is 0 Å². The number of hydrogen-bond donors (Lipinski definition) is 3. The molecule has 0 bridgehead atoms. The molecule has 1 aromatic heterocycles. The summed E-state index contributed by atoms with van der Waals surface area (Å²) in [5.41, 5.74) is 0.824. The summed E-state index contributed by atoms with van der Waals surface area (Å²) in [4.78, 5) is 27.1. The van der Waals surface area contributed by atoms with Crippen LogP contribution in [0.3, 0.4) is 0 Å². The lowest BCUT2D eigenvalue weighted by Crippen LogP contribution is -2.46. The molecule has 1 aliphatic heterocycles. The van der Waals surface area contributed by atoms with Gasteiger partial charge in [0.1, 0.15) is 0 Å². The molecule has 0 radical (unpaired) electrons. The van der Waals surface area contributed by atoms with Gasteiger partial charge in [0, 0.05) is 33.5 Å². The molecule has 3 rings (SSSR count). The molecule has 1 aromatic carbocycles. The van der Waals surface area contributed by atoms with Gasteiger partial charge in [0.05, 0.1) is 5.56 Å². The Balaban J connectivity index is 0.00000192. The first kappa shape index (κ1) is 18.0. The third kappa shape index (κ3) is 4.13. The zero-order valence-electron chi connectivity index (χ0n) is 12.7. The highest BCUT2D eigenvalue weighted by molar-refractivity contribution is 9.10. The van der Waals surface area contributed by atoms with Crippen molar-refractivity contribution in [2.75, 3.05) is 6.54 Å². The molecule has 1 amide bonds. The molecular formula is C16H19BrClN3O2. The number of benzene rings is 1. The van der Waals surface area contributed by atoms with Gasteiger partial charge in [-0.3, -0.25) is 9.59 Å². The second-order valence-corrected chi connectivity index (χ2v) is 6.70. The van der Waals surface area contributed by atoms with Crippen LogP contribution < -0.4 is 16.2 Å². The van der Waals surface area contributed by atoms with Crippen LogP contribution in [0.25, 0.3) is 10.9 Å². The fraction of sp³-hybridized carbons (Fsp3) is 0.375. The van der Waals surface area contributed by atoms with Crippen molar-refractivity contribution in [3.63, 3.8) is 0 Å². The van der Waals surface area contributed by atoms with Crippen molar-refractivity contribution in [2.24, 2.45) is 0 Å². The van der Waals surface area contributed by atoms with E-state index in [0.29, 0.717) is 17.1 Å². The number of piperidine rings is 1. The maximum Gasteiger partial charge on any atom is 0.252 e. The smallest absolute Gasteiger partial charge is 0.252 e. The van der Waals surface area contributed by atoms with Crippen LogP contribution in [-0.4, -0.2) is 29.5 Å². The van der Waals surface area contributed by atoms with Gasteiger partial charge in [-0.2, -0.15) is 0 Å². The third-order valence-corrected chi connectivity index (χ3v) is 4.50. The van der Waals surface area contributed by atoms with Crippen molar-refractivity contribution in [3.8, 4) is 0 Å². The van der Waals surface area contributed by atoms with E-state index in [-0.39, 0.29) is 29.9 Å². The van der Waals surface area contributed by atoms with Crippen LogP contribution in [0.15, 0.2) is 33.5 Å². The molecule has 7 heteroatoms. The van der Waals surface area contributed by atoms with Crippen LogP contribution in [0.1, 0.15) is 30.1 Å². The number of hydrogen-bond acceptors (Lipinski definition) is 3. The van der Waals surface area contributed by atoms with Crippen molar-refractivity contribution < 1.29 is 4.79 Å². The van der Waals surface area contributed by atoms with Crippen molar-refractivity contribution >= 4 is 45.1 Å². The molecule has 0 saturated carbocycles. The first-order valence-electron chi connectivity index (χ1n) is 7.40. The molecule has 2 aromatic rings. The van der Waals surface area contributed by atoms with E-state index in [1.807, 2.05) is 12.1 Å². The number of rotatable bonds is 2. The minimum absolute atomic E-state index is 0. The zero-order chi connectivity index (χ0) is 15.7. The van der Waals surface area contributed by atoms with E-state index in [2.05, 4.69) is 38.5 Å². The van der Waals surface area contributed by atoms with Crippen LogP contribution in [0, 0.1) is 0 Å². The molecule has 2 heterocycles. The monoisotopic (exact) mass is 399 g/mol. The van der Waals surface area contributed by atoms with E-state index in [9.17, 15) is 9.59 Å². The number of fused-ring (bicyclic) bond motifs is 1. The fourth-order valence-electron chi connectivity index (χ4n) is 2.94. The Morgan fingerprint density at radius 3 is 2.87 bits per heavy atom. The molecule has 3 N–H and O–H groups in total. The minimum Gasteiger partial charge on any atom is -0.349 e. The normalized spacial score (nSPS) is 20.8. The van der Waals surface area contributed by atoms with Gasteiger partial charge in [-0.1, -0.05) is 15.9 Å². The maximum atomic E-state index is 12.6. The summed E-state index contributed by atoms with van der Waals surface area (Å²) in [5, 5.41) is 7.16. The summed E-state index contributed by atoms with van der Waals surface area (Å²) < 4.78 is 0.872. The summed E-state index contributed by atoms with van der Waals surface area (Å²) in [5.74, 6) is -0.187. The molecule has 1 fully saturated rings. The van der Waals surface area contributed by atoms with Gasteiger partial charge in [-0.25, -0.2) is 0 Å². The van der Waals surface area contributed by atoms with Gasteiger partial charge in [-0.15, -0.1) is 12.4 Å². The van der Waals surface area contributed by atoms with Gasteiger partial charge in [0.25, 0.3) is 5.91 Å². The Bertz CT molecular complexity index is 777. The molecule has 0 spiro atoms. The summed E-state index contributed by atoms with van der Waals surface area (Å²) in [6, 6.07) is 7.40. The van der Waals surface area contributed by atoms with Crippen LogP contribution in [0.4, 0.5) is 0 Å². The molecule has 2 unspecified atom stereocenters. The van der Waals surface area contributed by atoms with Gasteiger partial charge >= 0.3 is 0 Å². The van der Waals surface area contributed by atoms with Crippen LogP contribution in [-0.2, 0) is 0 Å². The quantitative estimate of drug-likeness (QED) is 0.725. The topological polar surface area (TPSA) is 74.0 Å². The van der Waals surface area contributed by atoms with Crippen molar-refractivity contribution in [1.82, 2.24) is 15.6 Å². The summed E-state index contributed by atoms with van der Waals surface area (Å²) in [6.45, 7) is 3.01. The van der Waals surface area contributed by atoms with Crippen molar-refractivity contribution in [1.29, 1.82) is 0 Å². The zero-order valence-corrected chi connectivity index (χ0v) is 15.1. The first-order chi connectivity index (χ1) is 10.5. The minimum atomic E-state index is -0.265. The molecule has 0 aliphatic carbocycles. The van der Waals surface area contributed by atoms with Gasteiger partial charge < -0.3 is 15.6 Å². The summed E-state index contributed by atoms with van der Waals surface area (Å²) in [6.07, 6.45) is 1.80. The van der Waals surface area contributed by atoms with Crippen molar-refractivity contribution in [2.45, 2.75) is 31.8 Å². The Morgan fingerprint density at radius 2 is 2.13 bits per heavy atom. The number of aromatic amines is 1. The standard InChI is InChI=1S/C16H18BrN3O2.ClH/c1-9-6-11(4-5-18-9)19-16(22)13-8-15(21)20-14-3-2-10(17)7-12(13)14;/h2-3,7-9,11,18H,4-6H2,1H3,(H,19,22)(H,20,21);1H. The predicted octanol–water partition coefficient (Wildman–Crippen LogP) is 2.58. The Hall–Kier alpha value is -1.37. The highest BCUT2D eigenvalue weighted by Gasteiger charge is 2.21. The second kappa shape index (κ2) is 7.47. The Morgan fingerprint density at radius 1 is 1.35 bits per heavy atom. The van der Waals surface area contributed by atoms with E-state index >= 15 is 0 Å². The average molecular weight is 401 g/mol. The maximum absolute atomic E-state index is 12.6. The van der Waals surface area contributed by atoms with Crippen LogP contribution in [0.2, 0.25) is 0 Å². The van der Waals surface area contributed by atoms with E-state index in [1.165, 1.54) is 6.07 Å². The molecule has 5 nitrogen and oxygen atoms in total. The van der Waals surface area contributed by atoms with Gasteiger partial charge in [-0.05, 0) is 44.5 Å². The van der Waals surface area contributed by atoms with Crippen LogP contribution in [0.5, 0.6) is 0 Å². The van der Waals surface area contributed by atoms with Gasteiger partial charge in [0.2, 0.25) is 5.56 Å². The molecule has 2 atom stereocenters. The largest absolute Gasteiger partial charge is 0.349 e. The lowest BCUT2D eigenvalue weighted by Gasteiger charge is -2.28. The number of H-pyrrole nitrogens is 1. The highest BCUT2D eigenvalue weighted by Crippen LogP contribution is 2.21. The molecule has 1 saturated heterocycles. The lowest BCUT2D eigenvalue weighted by atomic mass is 10.00. The second-order valence-electron chi connectivity index (χ2n) is 5.79. The number of halogens is 2. The number of carbonyl (C=O) groups is 1. The SMILES string of the molecule is CC1CC(NC(=O)c2cc(=O)[nH]c3ccc(Br)cc23)CCN1.Cl. The molecule has 23 heavy (non-hydrogen) atoms. The predicted molar refractivity (Wildman–Crippen MR) is 97.5 cm³/mol. The van der Waals surface area contributed by atoms with E-state index in [0.717, 1.165) is 29.2 Å². The van der Waals surface area contributed by atoms with Crippen molar-refractivity contribution in [3.05, 3.63) is 44.7 Å². The number of aromatic nitrogens is 1. The van der Waals surface area contributed by atoms with E-state index in [4.69, 9.17) is 0 Å². The number of carbonyl (C=O) groups excluding carboxylic acids is 1. The lowest BCUT2D eigenvalue weighted by molar-refractivity contribution is 0.0927. The molecule has 124 valence electrons. The molecule has 1 aliphatic rings. The number of pyridine rings is 1. The number of nitrogens with one attached hydrogen (secondary N) is 3. The van der Waals surface area contributed by atoms with E-state index < -0.39 is 0 Å².